The Morgan fingerprint density at radius 2 is 2.00 bits per heavy atom. The molecule has 1 aliphatic carbocycles. The number of carbonyl (C=O) groups excluding carboxylic acids is 1. The minimum atomic E-state index is 0.0359. The van der Waals surface area contributed by atoms with Crippen LogP contribution in [0.15, 0.2) is 30.0 Å². The third kappa shape index (κ3) is 1.09. The van der Waals surface area contributed by atoms with Gasteiger partial charge in [-0.05, 0) is 5.56 Å². The SMILES string of the molecule is N#C/C(N)=C1/CC(=O)c2ccccc21. The number of nitrogens with two attached hydrogens (primary N) is 1. The molecule has 0 amide bonds. The molecule has 0 saturated heterocycles. The highest BCUT2D eigenvalue weighted by Gasteiger charge is 2.25. The molecule has 0 spiro atoms. The van der Waals surface area contributed by atoms with Crippen LogP contribution in [0, 0.1) is 11.3 Å². The van der Waals surface area contributed by atoms with E-state index >= 15 is 0 Å². The first-order valence-electron chi connectivity index (χ1n) is 4.25. The second kappa shape index (κ2) is 3.00. The Balaban J connectivity index is 2.68. The maximum Gasteiger partial charge on any atom is 0.167 e. The predicted octanol–water partition coefficient (Wildman–Crippen LogP) is 1.47. The maximum atomic E-state index is 11.5. The number of ketones is 1. The van der Waals surface area contributed by atoms with E-state index in [4.69, 9.17) is 11.0 Å². The molecule has 0 bridgehead atoms. The number of Topliss-reactive ketones (excluding diaryl/α,β-unsaturated/α-hetero) is 1. The van der Waals surface area contributed by atoms with Crippen molar-refractivity contribution in [3.63, 3.8) is 0 Å². The van der Waals surface area contributed by atoms with Gasteiger partial charge >= 0.3 is 0 Å². The van der Waals surface area contributed by atoms with Gasteiger partial charge < -0.3 is 5.73 Å². The lowest BCUT2D eigenvalue weighted by Crippen LogP contribution is -1.97. The van der Waals surface area contributed by atoms with Gasteiger partial charge in [-0.15, -0.1) is 0 Å². The average Bonchev–Trinajstić information content (AvgIpc) is 2.56. The second-order valence-corrected chi connectivity index (χ2v) is 3.15. The van der Waals surface area contributed by atoms with Crippen molar-refractivity contribution in [2.45, 2.75) is 6.42 Å². The number of hydrogen-bond acceptors (Lipinski definition) is 3. The van der Waals surface area contributed by atoms with Gasteiger partial charge in [0.05, 0.1) is 0 Å². The zero-order chi connectivity index (χ0) is 10.1. The molecule has 0 radical (unpaired) electrons. The summed E-state index contributed by atoms with van der Waals surface area (Å²) >= 11 is 0. The topological polar surface area (TPSA) is 66.9 Å². The molecule has 0 aliphatic heterocycles. The molecule has 0 fully saturated rings. The van der Waals surface area contributed by atoms with Crippen LogP contribution in [0.2, 0.25) is 0 Å². The summed E-state index contributed by atoms with van der Waals surface area (Å²) in [5.74, 6) is 0.0359. The van der Waals surface area contributed by atoms with Crippen LogP contribution < -0.4 is 5.73 Å². The molecule has 0 unspecified atom stereocenters. The van der Waals surface area contributed by atoms with Crippen LogP contribution in [-0.4, -0.2) is 5.78 Å². The fraction of sp³-hybridized carbons (Fsp3) is 0.0909. The quantitative estimate of drug-likeness (QED) is 0.621. The first-order valence-corrected chi connectivity index (χ1v) is 4.25. The van der Waals surface area contributed by atoms with Crippen molar-refractivity contribution in [1.82, 2.24) is 0 Å². The summed E-state index contributed by atoms with van der Waals surface area (Å²) in [6.07, 6.45) is 0.249. The van der Waals surface area contributed by atoms with E-state index in [9.17, 15) is 4.79 Å². The van der Waals surface area contributed by atoms with Crippen LogP contribution in [0.5, 0.6) is 0 Å². The van der Waals surface area contributed by atoms with E-state index in [1.807, 2.05) is 24.3 Å². The molecule has 2 rings (SSSR count). The molecule has 0 aromatic heterocycles. The summed E-state index contributed by atoms with van der Waals surface area (Å²) in [7, 11) is 0. The van der Waals surface area contributed by atoms with E-state index < -0.39 is 0 Å². The van der Waals surface area contributed by atoms with Crippen molar-refractivity contribution in [1.29, 1.82) is 5.26 Å². The molecule has 1 aliphatic rings. The molecule has 14 heavy (non-hydrogen) atoms. The molecule has 2 N–H and O–H groups in total. The molecule has 0 atom stereocenters. The molecular formula is C11H8N2O. The first-order chi connectivity index (χ1) is 6.74. The number of allylic oxidation sites excluding steroid dienone is 2. The van der Waals surface area contributed by atoms with Gasteiger partial charge in [0.25, 0.3) is 0 Å². The Kier molecular flexibility index (Phi) is 1.83. The largest absolute Gasteiger partial charge is 0.390 e. The third-order valence-electron chi connectivity index (χ3n) is 2.34. The number of hydrogen-bond donors (Lipinski definition) is 1. The summed E-state index contributed by atoms with van der Waals surface area (Å²) in [5.41, 5.74) is 7.79. The van der Waals surface area contributed by atoms with Crippen molar-refractivity contribution in [2.24, 2.45) is 5.73 Å². The Labute approximate surface area is 81.5 Å². The summed E-state index contributed by atoms with van der Waals surface area (Å²) in [5, 5.41) is 8.66. The molecule has 0 saturated carbocycles. The minimum Gasteiger partial charge on any atom is -0.390 e. The molecular weight excluding hydrogens is 176 g/mol. The molecule has 1 aromatic carbocycles. The van der Waals surface area contributed by atoms with Crippen LogP contribution in [0.3, 0.4) is 0 Å². The smallest absolute Gasteiger partial charge is 0.167 e. The van der Waals surface area contributed by atoms with Crippen LogP contribution in [0.4, 0.5) is 0 Å². The highest BCUT2D eigenvalue weighted by atomic mass is 16.1. The summed E-state index contributed by atoms with van der Waals surface area (Å²) in [6, 6.07) is 9.10. The molecule has 1 aromatic rings. The van der Waals surface area contributed by atoms with Crippen LogP contribution in [-0.2, 0) is 0 Å². The second-order valence-electron chi connectivity index (χ2n) is 3.15. The highest BCUT2D eigenvalue weighted by Crippen LogP contribution is 2.32. The van der Waals surface area contributed by atoms with Gasteiger partial charge in [-0.3, -0.25) is 4.79 Å². The predicted molar refractivity (Wildman–Crippen MR) is 52.1 cm³/mol. The first kappa shape index (κ1) is 8.52. The minimum absolute atomic E-state index is 0.0359. The van der Waals surface area contributed by atoms with E-state index in [0.29, 0.717) is 11.1 Å². The van der Waals surface area contributed by atoms with Crippen LogP contribution in [0.1, 0.15) is 22.3 Å². The van der Waals surface area contributed by atoms with Gasteiger partial charge in [0.2, 0.25) is 0 Å². The number of nitriles is 1. The summed E-state index contributed by atoms with van der Waals surface area (Å²) in [4.78, 5) is 11.5. The van der Waals surface area contributed by atoms with Crippen molar-refractivity contribution in [3.05, 3.63) is 41.1 Å². The standard InChI is InChI=1S/C11H8N2O/c12-6-10(13)9-5-11(14)8-4-2-1-3-7(8)9/h1-4H,5,13H2/b10-9+. The maximum absolute atomic E-state index is 11.5. The molecule has 0 heterocycles. The number of rotatable bonds is 0. The number of fused-ring (bicyclic) bond motifs is 1. The van der Waals surface area contributed by atoms with Crippen molar-refractivity contribution in [2.75, 3.05) is 0 Å². The van der Waals surface area contributed by atoms with Crippen LogP contribution >= 0.6 is 0 Å². The summed E-state index contributed by atoms with van der Waals surface area (Å²) < 4.78 is 0. The Bertz CT molecular complexity index is 480. The lowest BCUT2D eigenvalue weighted by Gasteiger charge is -1.98. The Morgan fingerprint density at radius 1 is 1.36 bits per heavy atom. The fourth-order valence-corrected chi connectivity index (χ4v) is 1.65. The number of benzene rings is 1. The Morgan fingerprint density at radius 3 is 2.64 bits per heavy atom. The highest BCUT2D eigenvalue weighted by molar-refractivity contribution is 6.12. The third-order valence-corrected chi connectivity index (χ3v) is 2.34. The summed E-state index contributed by atoms with van der Waals surface area (Å²) in [6.45, 7) is 0. The normalized spacial score (nSPS) is 17.5. The molecule has 3 heteroatoms. The Hall–Kier alpha value is -2.08. The molecule has 3 nitrogen and oxygen atoms in total. The van der Waals surface area contributed by atoms with Gasteiger partial charge in [0, 0.05) is 17.6 Å². The average molecular weight is 184 g/mol. The lowest BCUT2D eigenvalue weighted by atomic mass is 10.1. The molecule has 68 valence electrons. The fourth-order valence-electron chi connectivity index (χ4n) is 1.65. The van der Waals surface area contributed by atoms with Crippen molar-refractivity contribution in [3.8, 4) is 6.07 Å². The lowest BCUT2D eigenvalue weighted by molar-refractivity contribution is 0.100. The zero-order valence-electron chi connectivity index (χ0n) is 7.45. The number of nitrogens with zero attached hydrogens (tertiary/aromatic N) is 1. The van der Waals surface area contributed by atoms with Crippen LogP contribution in [0.25, 0.3) is 5.57 Å². The van der Waals surface area contributed by atoms with Gasteiger partial charge in [0.1, 0.15) is 11.8 Å². The van der Waals surface area contributed by atoms with Gasteiger partial charge in [-0.2, -0.15) is 5.26 Å². The van der Waals surface area contributed by atoms with Crippen molar-refractivity contribution < 1.29 is 4.79 Å². The van der Waals surface area contributed by atoms with Gasteiger partial charge in [0.15, 0.2) is 5.78 Å². The van der Waals surface area contributed by atoms with Crippen molar-refractivity contribution >= 4 is 11.4 Å². The monoisotopic (exact) mass is 184 g/mol. The van der Waals surface area contributed by atoms with E-state index in [0.717, 1.165) is 5.56 Å². The number of carbonyl (C=O) groups is 1. The zero-order valence-corrected chi connectivity index (χ0v) is 7.45. The van der Waals surface area contributed by atoms with E-state index in [-0.39, 0.29) is 17.9 Å². The van der Waals surface area contributed by atoms with E-state index in [1.165, 1.54) is 0 Å². The van der Waals surface area contributed by atoms with Gasteiger partial charge in [-0.25, -0.2) is 0 Å². The van der Waals surface area contributed by atoms with E-state index in [1.54, 1.807) is 6.07 Å². The van der Waals surface area contributed by atoms with E-state index in [2.05, 4.69) is 0 Å². The van der Waals surface area contributed by atoms with Gasteiger partial charge in [-0.1, -0.05) is 24.3 Å².